The van der Waals surface area contributed by atoms with E-state index in [2.05, 4.69) is 11.6 Å². The largest absolute Gasteiger partial charge is 0.394 e. The Morgan fingerprint density at radius 1 is 1.67 bits per heavy atom. The van der Waals surface area contributed by atoms with Gasteiger partial charge in [0.05, 0.1) is 6.61 Å². The van der Waals surface area contributed by atoms with E-state index in [9.17, 15) is 5.11 Å². The molecule has 4 atom stereocenters. The molecule has 7 heteroatoms. The molecule has 2 aliphatic rings. The van der Waals surface area contributed by atoms with Gasteiger partial charge in [0.25, 0.3) is 0 Å². The number of aliphatic hydroxyl groups excluding tert-OH is 2. The van der Waals surface area contributed by atoms with Crippen molar-refractivity contribution in [1.29, 1.82) is 0 Å². The topological polar surface area (TPSA) is 101 Å². The van der Waals surface area contributed by atoms with Gasteiger partial charge in [0.15, 0.2) is 6.23 Å². The lowest BCUT2D eigenvalue weighted by molar-refractivity contribution is -0.0769. The van der Waals surface area contributed by atoms with Crippen molar-refractivity contribution in [1.82, 2.24) is 4.90 Å². The SMILES string of the molecule is C=C1N=C(N)C=CN1[C@@H]1O[C@H](CO)[C@@H](O)[C@H]1OC. The summed E-state index contributed by atoms with van der Waals surface area (Å²) in [5, 5.41) is 19.1. The van der Waals surface area contributed by atoms with E-state index < -0.39 is 24.5 Å². The van der Waals surface area contributed by atoms with Gasteiger partial charge in [-0.3, -0.25) is 0 Å². The molecule has 0 bridgehead atoms. The van der Waals surface area contributed by atoms with Crippen molar-refractivity contribution < 1.29 is 19.7 Å². The quantitative estimate of drug-likeness (QED) is 0.582. The van der Waals surface area contributed by atoms with Crippen molar-refractivity contribution in [2.75, 3.05) is 13.7 Å². The molecular weight excluding hydrogens is 238 g/mol. The van der Waals surface area contributed by atoms with Gasteiger partial charge in [-0.05, 0) is 6.08 Å². The van der Waals surface area contributed by atoms with Crippen LogP contribution in [0, 0.1) is 0 Å². The predicted molar refractivity (Wildman–Crippen MR) is 64.3 cm³/mol. The normalized spacial score (nSPS) is 36.1. The predicted octanol–water partition coefficient (Wildman–Crippen LogP) is -1.26. The number of aliphatic imine (C=N–C) groups is 1. The molecule has 1 fully saturated rings. The van der Waals surface area contributed by atoms with Crippen LogP contribution in [0.25, 0.3) is 0 Å². The van der Waals surface area contributed by atoms with Gasteiger partial charge in [-0.1, -0.05) is 6.58 Å². The molecule has 0 aromatic heterocycles. The fourth-order valence-corrected chi connectivity index (χ4v) is 2.07. The third-order valence-corrected chi connectivity index (χ3v) is 3.00. The van der Waals surface area contributed by atoms with Crippen LogP contribution in [0.2, 0.25) is 0 Å². The summed E-state index contributed by atoms with van der Waals surface area (Å²) in [7, 11) is 1.47. The fraction of sp³-hybridized carbons (Fsp3) is 0.545. The van der Waals surface area contributed by atoms with Crippen LogP contribution in [0.5, 0.6) is 0 Å². The summed E-state index contributed by atoms with van der Waals surface area (Å²) in [6, 6.07) is 0. The number of aliphatic hydroxyl groups is 2. The van der Waals surface area contributed by atoms with Crippen LogP contribution in [-0.4, -0.2) is 59.2 Å². The second-order valence-corrected chi connectivity index (χ2v) is 4.11. The number of methoxy groups -OCH3 is 1. The Balaban J connectivity index is 2.18. The molecule has 1 saturated heterocycles. The number of nitrogens with two attached hydrogens (primary N) is 1. The Morgan fingerprint density at radius 2 is 2.39 bits per heavy atom. The Bertz CT molecular complexity index is 396. The molecule has 2 heterocycles. The Labute approximate surface area is 105 Å². The summed E-state index contributed by atoms with van der Waals surface area (Å²) >= 11 is 0. The molecule has 7 nitrogen and oxygen atoms in total. The van der Waals surface area contributed by atoms with Crippen molar-refractivity contribution in [3.05, 3.63) is 24.7 Å². The summed E-state index contributed by atoms with van der Waals surface area (Å²) < 4.78 is 10.8. The van der Waals surface area contributed by atoms with E-state index in [4.69, 9.17) is 20.3 Å². The lowest BCUT2D eigenvalue weighted by Gasteiger charge is -2.31. The molecule has 2 aliphatic heterocycles. The molecule has 18 heavy (non-hydrogen) atoms. The Morgan fingerprint density at radius 3 is 2.94 bits per heavy atom. The van der Waals surface area contributed by atoms with E-state index in [-0.39, 0.29) is 6.61 Å². The lowest BCUT2D eigenvalue weighted by atomic mass is 10.1. The summed E-state index contributed by atoms with van der Waals surface area (Å²) in [5.41, 5.74) is 5.55. The number of nitrogens with zero attached hydrogens (tertiary/aromatic N) is 2. The summed E-state index contributed by atoms with van der Waals surface area (Å²) in [6.07, 6.45) is 0.469. The summed E-state index contributed by atoms with van der Waals surface area (Å²) in [5.74, 6) is 0.746. The molecular formula is C11H17N3O4. The first-order valence-electron chi connectivity index (χ1n) is 5.55. The third kappa shape index (κ3) is 2.13. The molecule has 2 rings (SSSR count). The van der Waals surface area contributed by atoms with Crippen molar-refractivity contribution in [3.63, 3.8) is 0 Å². The van der Waals surface area contributed by atoms with Gasteiger partial charge < -0.3 is 30.3 Å². The van der Waals surface area contributed by atoms with E-state index in [1.165, 1.54) is 7.11 Å². The summed E-state index contributed by atoms with van der Waals surface area (Å²) in [6.45, 7) is 3.48. The van der Waals surface area contributed by atoms with Gasteiger partial charge in [-0.25, -0.2) is 4.99 Å². The van der Waals surface area contributed by atoms with E-state index in [1.54, 1.807) is 17.2 Å². The van der Waals surface area contributed by atoms with E-state index in [0.29, 0.717) is 11.7 Å². The Kier molecular flexibility index (Phi) is 3.67. The zero-order valence-electron chi connectivity index (χ0n) is 10.1. The average Bonchev–Trinajstić information content (AvgIpc) is 2.65. The number of rotatable bonds is 3. The molecule has 0 radical (unpaired) electrons. The molecule has 0 aromatic carbocycles. The molecule has 0 spiro atoms. The maximum absolute atomic E-state index is 9.94. The first-order valence-corrected chi connectivity index (χ1v) is 5.55. The summed E-state index contributed by atoms with van der Waals surface area (Å²) in [4.78, 5) is 5.63. The van der Waals surface area contributed by atoms with Crippen molar-refractivity contribution >= 4 is 5.84 Å². The number of hydrogen-bond acceptors (Lipinski definition) is 7. The van der Waals surface area contributed by atoms with Crippen LogP contribution < -0.4 is 5.73 Å². The third-order valence-electron chi connectivity index (χ3n) is 3.00. The van der Waals surface area contributed by atoms with Gasteiger partial charge in [-0.15, -0.1) is 0 Å². The molecule has 0 amide bonds. The highest BCUT2D eigenvalue weighted by molar-refractivity contribution is 5.92. The minimum Gasteiger partial charge on any atom is -0.394 e. The van der Waals surface area contributed by atoms with Gasteiger partial charge in [0.1, 0.15) is 30.0 Å². The maximum Gasteiger partial charge on any atom is 0.164 e. The second kappa shape index (κ2) is 5.07. The number of ether oxygens (including phenoxy) is 2. The minimum atomic E-state index is -0.908. The van der Waals surface area contributed by atoms with E-state index in [1.807, 2.05) is 0 Å². The van der Waals surface area contributed by atoms with E-state index >= 15 is 0 Å². The monoisotopic (exact) mass is 255 g/mol. The van der Waals surface area contributed by atoms with Crippen molar-refractivity contribution in [2.24, 2.45) is 10.7 Å². The smallest absolute Gasteiger partial charge is 0.164 e. The first-order chi connectivity index (χ1) is 8.58. The van der Waals surface area contributed by atoms with Gasteiger partial charge in [-0.2, -0.15) is 0 Å². The fourth-order valence-electron chi connectivity index (χ4n) is 2.07. The van der Waals surface area contributed by atoms with Crippen LogP contribution in [-0.2, 0) is 9.47 Å². The van der Waals surface area contributed by atoms with Crippen LogP contribution in [0.3, 0.4) is 0 Å². The average molecular weight is 255 g/mol. The first kappa shape index (κ1) is 13.0. The molecule has 100 valence electrons. The zero-order chi connectivity index (χ0) is 13.3. The zero-order valence-corrected chi connectivity index (χ0v) is 10.1. The lowest BCUT2D eigenvalue weighted by Crippen LogP contribution is -2.43. The second-order valence-electron chi connectivity index (χ2n) is 4.11. The van der Waals surface area contributed by atoms with Crippen LogP contribution in [0.15, 0.2) is 29.7 Å². The minimum absolute atomic E-state index is 0.285. The van der Waals surface area contributed by atoms with Crippen molar-refractivity contribution in [2.45, 2.75) is 24.5 Å². The highest BCUT2D eigenvalue weighted by atomic mass is 16.6. The number of hydrogen-bond donors (Lipinski definition) is 3. The van der Waals surface area contributed by atoms with Gasteiger partial charge in [0, 0.05) is 13.3 Å². The molecule has 0 aromatic rings. The standard InChI is InChI=1S/C11H17N3O4/c1-6-13-8(12)3-4-14(6)11-10(17-2)9(16)7(5-15)18-11/h3-4,7,9-11,15-16H,1,5H2,2H3,(H2,12,13)/t7-,9-,10-,11-/m1/s1. The van der Waals surface area contributed by atoms with Crippen LogP contribution >= 0.6 is 0 Å². The van der Waals surface area contributed by atoms with E-state index in [0.717, 1.165) is 0 Å². The van der Waals surface area contributed by atoms with Gasteiger partial charge >= 0.3 is 0 Å². The highest BCUT2D eigenvalue weighted by Gasteiger charge is 2.46. The highest BCUT2D eigenvalue weighted by Crippen LogP contribution is 2.29. The molecule has 0 saturated carbocycles. The van der Waals surface area contributed by atoms with Gasteiger partial charge in [0.2, 0.25) is 0 Å². The molecule has 4 N–H and O–H groups in total. The van der Waals surface area contributed by atoms with Crippen LogP contribution in [0.4, 0.5) is 0 Å². The molecule has 0 aliphatic carbocycles. The number of amidine groups is 1. The Hall–Kier alpha value is -1.41. The maximum atomic E-state index is 9.94. The van der Waals surface area contributed by atoms with Crippen molar-refractivity contribution in [3.8, 4) is 0 Å². The van der Waals surface area contributed by atoms with Crippen LogP contribution in [0.1, 0.15) is 0 Å². The molecule has 0 unspecified atom stereocenters.